The highest BCUT2D eigenvalue weighted by Crippen LogP contribution is 2.31. The van der Waals surface area contributed by atoms with Crippen molar-refractivity contribution < 1.29 is 28.5 Å². The second kappa shape index (κ2) is 12.1. The summed E-state index contributed by atoms with van der Waals surface area (Å²) >= 11 is 0. The molecular weight excluding hydrogens is 489 g/mol. The minimum absolute atomic E-state index is 0.0238. The molecule has 1 saturated heterocycles. The number of amides is 1. The van der Waals surface area contributed by atoms with Crippen molar-refractivity contribution >= 4 is 24.9 Å². The third-order valence-electron chi connectivity index (χ3n) is 6.76. The predicted molar refractivity (Wildman–Crippen MR) is 143 cm³/mol. The molecule has 0 saturated carbocycles. The number of likely N-dealkylation sites (tertiary alicyclic amines) is 1. The van der Waals surface area contributed by atoms with E-state index in [1.165, 1.54) is 17.0 Å². The highest BCUT2D eigenvalue weighted by molar-refractivity contribution is 6.76. The molecule has 1 amide bonds. The van der Waals surface area contributed by atoms with Crippen LogP contribution in [-0.4, -0.2) is 51.7 Å². The van der Waals surface area contributed by atoms with Gasteiger partial charge in [-0.25, -0.2) is 4.39 Å². The Hall–Kier alpha value is -2.94. The van der Waals surface area contributed by atoms with Gasteiger partial charge in [0.1, 0.15) is 17.7 Å². The normalized spacial score (nSPS) is 18.2. The standard InChI is InChI=1S/C29H36FNO5Si/c1-37(2,3)15-14-34-20-36-26-11-8-23-16-21(4-5-24(23)17-26)19-35-28-18-31(29(32)33)13-12-27(28)22-6-9-25(30)10-7-22/h4-11,16-17,27-28H,12-15,18-20H2,1-3H3,(H,32,33)/p-1. The minimum atomic E-state index is -1.20. The molecule has 1 aliphatic rings. The minimum Gasteiger partial charge on any atom is -0.530 e. The molecule has 0 radical (unpaired) electrons. The largest absolute Gasteiger partial charge is 0.530 e. The summed E-state index contributed by atoms with van der Waals surface area (Å²) < 4.78 is 31.1. The Morgan fingerprint density at radius 1 is 1.05 bits per heavy atom. The molecule has 0 aromatic heterocycles. The van der Waals surface area contributed by atoms with Gasteiger partial charge in [0.25, 0.3) is 0 Å². The lowest BCUT2D eigenvalue weighted by Crippen LogP contribution is -2.51. The number of piperidine rings is 1. The molecule has 0 N–H and O–H groups in total. The average Bonchev–Trinajstić information content (AvgIpc) is 2.87. The number of benzene rings is 3. The lowest BCUT2D eigenvalue weighted by molar-refractivity contribution is -0.268. The molecule has 4 rings (SSSR count). The van der Waals surface area contributed by atoms with E-state index in [1.807, 2.05) is 30.3 Å². The van der Waals surface area contributed by atoms with Crippen LogP contribution in [-0.2, 0) is 16.1 Å². The molecule has 0 bridgehead atoms. The first-order valence-electron chi connectivity index (χ1n) is 12.7. The van der Waals surface area contributed by atoms with Crippen molar-refractivity contribution in [3.05, 3.63) is 77.6 Å². The molecule has 1 fully saturated rings. The highest BCUT2D eigenvalue weighted by atomic mass is 28.3. The number of carbonyl (C=O) groups is 1. The number of hydrogen-bond donors (Lipinski definition) is 0. The fourth-order valence-corrected chi connectivity index (χ4v) is 5.30. The van der Waals surface area contributed by atoms with E-state index >= 15 is 0 Å². The van der Waals surface area contributed by atoms with Crippen LogP contribution in [0.2, 0.25) is 25.7 Å². The Bertz CT molecular complexity index is 1200. The molecule has 3 aromatic carbocycles. The maximum atomic E-state index is 13.4. The van der Waals surface area contributed by atoms with Gasteiger partial charge in [-0.3, -0.25) is 0 Å². The number of nitrogens with zero attached hydrogens (tertiary/aromatic N) is 1. The van der Waals surface area contributed by atoms with Gasteiger partial charge in [-0.05, 0) is 64.7 Å². The van der Waals surface area contributed by atoms with Gasteiger partial charge in [0, 0.05) is 33.7 Å². The van der Waals surface area contributed by atoms with Crippen molar-refractivity contribution in [1.82, 2.24) is 4.90 Å². The second-order valence-electron chi connectivity index (χ2n) is 10.8. The fraction of sp³-hybridized carbons (Fsp3) is 0.414. The zero-order chi connectivity index (χ0) is 26.4. The molecule has 8 heteroatoms. The van der Waals surface area contributed by atoms with Crippen LogP contribution in [0.1, 0.15) is 23.5 Å². The molecule has 198 valence electrons. The van der Waals surface area contributed by atoms with Crippen LogP contribution >= 0.6 is 0 Å². The van der Waals surface area contributed by atoms with Crippen LogP contribution in [0.4, 0.5) is 9.18 Å². The molecule has 6 nitrogen and oxygen atoms in total. The highest BCUT2D eigenvalue weighted by Gasteiger charge is 2.31. The number of halogens is 1. The van der Waals surface area contributed by atoms with Crippen molar-refractivity contribution in [2.24, 2.45) is 0 Å². The number of ether oxygens (including phenoxy) is 3. The zero-order valence-corrected chi connectivity index (χ0v) is 22.7. The van der Waals surface area contributed by atoms with Crippen LogP contribution in [0.25, 0.3) is 10.8 Å². The van der Waals surface area contributed by atoms with E-state index in [9.17, 15) is 14.3 Å². The van der Waals surface area contributed by atoms with E-state index in [-0.39, 0.29) is 31.2 Å². The Labute approximate surface area is 219 Å². The first kappa shape index (κ1) is 27.1. The molecular formula is C29H35FNO5Si-. The van der Waals surface area contributed by atoms with E-state index in [2.05, 4.69) is 25.7 Å². The van der Waals surface area contributed by atoms with Gasteiger partial charge in [-0.15, -0.1) is 0 Å². The Morgan fingerprint density at radius 3 is 2.51 bits per heavy atom. The molecule has 37 heavy (non-hydrogen) atoms. The Balaban J connectivity index is 1.37. The summed E-state index contributed by atoms with van der Waals surface area (Å²) in [7, 11) is -1.11. The van der Waals surface area contributed by atoms with Crippen LogP contribution in [0.3, 0.4) is 0 Å². The van der Waals surface area contributed by atoms with Gasteiger partial charge in [-0.2, -0.15) is 0 Å². The summed E-state index contributed by atoms with van der Waals surface area (Å²) in [6.45, 7) is 8.84. The van der Waals surface area contributed by atoms with Gasteiger partial charge < -0.3 is 29.0 Å². The van der Waals surface area contributed by atoms with E-state index in [1.54, 1.807) is 12.1 Å². The lowest BCUT2D eigenvalue weighted by atomic mass is 9.87. The lowest BCUT2D eigenvalue weighted by Gasteiger charge is -2.40. The molecule has 0 aliphatic carbocycles. The zero-order valence-electron chi connectivity index (χ0n) is 21.7. The smallest absolute Gasteiger partial charge is 0.189 e. The first-order chi connectivity index (χ1) is 17.7. The number of carbonyl (C=O) groups excluding carboxylic acids is 1. The number of carboxylic acid groups (broad SMARTS) is 1. The predicted octanol–water partition coefficient (Wildman–Crippen LogP) is 5.39. The quantitative estimate of drug-likeness (QED) is 0.202. The van der Waals surface area contributed by atoms with Crippen LogP contribution < -0.4 is 9.84 Å². The summed E-state index contributed by atoms with van der Waals surface area (Å²) in [4.78, 5) is 12.7. The first-order valence-corrected chi connectivity index (χ1v) is 16.4. The number of rotatable bonds is 10. The van der Waals surface area contributed by atoms with Gasteiger partial charge in [0.15, 0.2) is 6.79 Å². The number of fused-ring (bicyclic) bond motifs is 1. The second-order valence-corrected chi connectivity index (χ2v) is 16.5. The van der Waals surface area contributed by atoms with Gasteiger partial charge in [-0.1, -0.05) is 50.0 Å². The van der Waals surface area contributed by atoms with E-state index in [0.29, 0.717) is 19.6 Å². The van der Waals surface area contributed by atoms with Crippen molar-refractivity contribution in [3.8, 4) is 5.75 Å². The third-order valence-corrected chi connectivity index (χ3v) is 8.47. The summed E-state index contributed by atoms with van der Waals surface area (Å²) in [6.07, 6.45) is -0.965. The maximum absolute atomic E-state index is 13.4. The van der Waals surface area contributed by atoms with E-state index in [0.717, 1.165) is 40.3 Å². The van der Waals surface area contributed by atoms with Gasteiger partial charge in [0.05, 0.1) is 12.7 Å². The monoisotopic (exact) mass is 524 g/mol. The molecule has 1 heterocycles. The maximum Gasteiger partial charge on any atom is 0.189 e. The summed E-state index contributed by atoms with van der Waals surface area (Å²) in [6, 6.07) is 19.5. The van der Waals surface area contributed by atoms with E-state index in [4.69, 9.17) is 14.2 Å². The fourth-order valence-electron chi connectivity index (χ4n) is 4.55. The van der Waals surface area contributed by atoms with Crippen molar-refractivity contribution in [1.29, 1.82) is 0 Å². The topological polar surface area (TPSA) is 71.1 Å². The SMILES string of the molecule is C[Si](C)(C)CCOCOc1ccc2cc(COC3CN(C(=O)[O-])CCC3c3ccc(F)cc3)ccc2c1. The Morgan fingerprint density at radius 2 is 1.78 bits per heavy atom. The third kappa shape index (κ3) is 7.77. The molecule has 0 spiro atoms. The van der Waals surface area contributed by atoms with Crippen LogP contribution in [0.15, 0.2) is 60.7 Å². The number of hydrogen-bond acceptors (Lipinski definition) is 5. The van der Waals surface area contributed by atoms with Gasteiger partial charge in [0.2, 0.25) is 0 Å². The molecule has 1 aliphatic heterocycles. The summed E-state index contributed by atoms with van der Waals surface area (Å²) in [5.74, 6) is 0.438. The molecule has 3 aromatic rings. The summed E-state index contributed by atoms with van der Waals surface area (Å²) in [5, 5.41) is 13.6. The molecule has 2 atom stereocenters. The average molecular weight is 525 g/mol. The van der Waals surface area contributed by atoms with Crippen molar-refractivity contribution in [2.45, 2.75) is 50.7 Å². The van der Waals surface area contributed by atoms with Crippen LogP contribution in [0, 0.1) is 5.82 Å². The van der Waals surface area contributed by atoms with Crippen molar-refractivity contribution in [3.63, 3.8) is 0 Å². The summed E-state index contributed by atoms with van der Waals surface area (Å²) in [5.41, 5.74) is 1.93. The molecule has 2 unspecified atom stereocenters. The van der Waals surface area contributed by atoms with Crippen LogP contribution in [0.5, 0.6) is 5.75 Å². The Kier molecular flexibility index (Phi) is 8.84. The van der Waals surface area contributed by atoms with Crippen molar-refractivity contribution in [2.75, 3.05) is 26.5 Å². The van der Waals surface area contributed by atoms with E-state index < -0.39 is 14.2 Å². The van der Waals surface area contributed by atoms with Gasteiger partial charge >= 0.3 is 0 Å².